The molecule has 0 amide bonds. The van der Waals surface area contributed by atoms with Crippen LogP contribution in [0.5, 0.6) is 5.75 Å². The van der Waals surface area contributed by atoms with Crippen molar-refractivity contribution in [2.45, 2.75) is 6.61 Å². The maximum atomic E-state index is 13.2. The molecule has 0 fully saturated rings. The zero-order chi connectivity index (χ0) is 13.8. The van der Waals surface area contributed by atoms with Crippen LogP contribution in [0, 0.1) is 5.82 Å². The summed E-state index contributed by atoms with van der Waals surface area (Å²) in [7, 11) is -1.73. The molecule has 2 N–H and O–H groups in total. The normalized spacial score (nSPS) is 10.3. The summed E-state index contributed by atoms with van der Waals surface area (Å²) in [6.45, 7) is 0.238. The minimum absolute atomic E-state index is 0.0473. The average Bonchev–Trinajstić information content (AvgIpc) is 2.37. The Balaban J connectivity index is 2.08. The Bertz CT molecular complexity index is 560. The highest BCUT2D eigenvalue weighted by Crippen LogP contribution is 2.15. The number of halogens is 2. The first-order valence-electron chi connectivity index (χ1n) is 5.58. The van der Waals surface area contributed by atoms with Crippen molar-refractivity contribution in [3.63, 3.8) is 0 Å². The summed E-state index contributed by atoms with van der Waals surface area (Å²) < 4.78 is 18.6. The highest BCUT2D eigenvalue weighted by atomic mass is 35.5. The molecular formula is C13H11BClFO3. The number of benzene rings is 2. The third kappa shape index (κ3) is 3.96. The minimum Gasteiger partial charge on any atom is -0.489 e. The molecule has 98 valence electrons. The Kier molecular flexibility index (Phi) is 4.42. The molecule has 0 aliphatic carbocycles. The molecule has 0 aliphatic rings. The van der Waals surface area contributed by atoms with E-state index in [-0.39, 0.29) is 17.8 Å². The van der Waals surface area contributed by atoms with Crippen molar-refractivity contribution in [3.05, 3.63) is 58.9 Å². The molecule has 3 nitrogen and oxygen atoms in total. The van der Waals surface area contributed by atoms with Gasteiger partial charge in [0, 0.05) is 11.1 Å². The van der Waals surface area contributed by atoms with Crippen molar-refractivity contribution in [1.82, 2.24) is 0 Å². The van der Waals surface area contributed by atoms with Crippen molar-refractivity contribution in [2.24, 2.45) is 0 Å². The van der Waals surface area contributed by atoms with Crippen molar-refractivity contribution in [2.75, 3.05) is 0 Å². The lowest BCUT2D eigenvalue weighted by Crippen LogP contribution is -2.30. The molecule has 0 radical (unpaired) electrons. The van der Waals surface area contributed by atoms with E-state index in [0.717, 1.165) is 11.6 Å². The highest BCUT2D eigenvalue weighted by Gasteiger charge is 2.13. The molecule has 0 bridgehead atoms. The van der Waals surface area contributed by atoms with E-state index in [2.05, 4.69) is 0 Å². The van der Waals surface area contributed by atoms with Crippen LogP contribution in [0.3, 0.4) is 0 Å². The van der Waals surface area contributed by atoms with Gasteiger partial charge in [-0.3, -0.25) is 0 Å². The zero-order valence-electron chi connectivity index (χ0n) is 9.88. The molecule has 2 aromatic carbocycles. The van der Waals surface area contributed by atoms with E-state index in [0.29, 0.717) is 5.02 Å². The summed E-state index contributed by atoms with van der Waals surface area (Å²) in [5, 5.41) is 18.6. The van der Waals surface area contributed by atoms with Crippen LogP contribution in [-0.4, -0.2) is 17.2 Å². The van der Waals surface area contributed by atoms with Crippen LogP contribution in [0.15, 0.2) is 42.5 Å². The second-order valence-corrected chi connectivity index (χ2v) is 4.45. The third-order valence-electron chi connectivity index (χ3n) is 2.51. The Labute approximate surface area is 115 Å². The quantitative estimate of drug-likeness (QED) is 0.839. The van der Waals surface area contributed by atoms with Gasteiger partial charge in [-0.1, -0.05) is 23.7 Å². The van der Waals surface area contributed by atoms with Gasteiger partial charge in [0.25, 0.3) is 0 Å². The lowest BCUT2D eigenvalue weighted by molar-refractivity contribution is 0.304. The number of hydrogen-bond donors (Lipinski definition) is 2. The molecule has 0 saturated heterocycles. The zero-order valence-corrected chi connectivity index (χ0v) is 10.6. The van der Waals surface area contributed by atoms with Gasteiger partial charge in [-0.05, 0) is 35.3 Å². The number of rotatable bonds is 4. The van der Waals surface area contributed by atoms with Crippen LogP contribution in [0.2, 0.25) is 5.02 Å². The summed E-state index contributed by atoms with van der Waals surface area (Å²) in [4.78, 5) is 0. The lowest BCUT2D eigenvalue weighted by Gasteiger charge is -2.08. The van der Waals surface area contributed by atoms with Gasteiger partial charge in [-0.15, -0.1) is 0 Å². The van der Waals surface area contributed by atoms with Crippen LogP contribution in [0.4, 0.5) is 4.39 Å². The summed E-state index contributed by atoms with van der Waals surface area (Å²) in [6, 6.07) is 10.7. The minimum atomic E-state index is -1.73. The first-order valence-corrected chi connectivity index (χ1v) is 5.96. The molecular weight excluding hydrogens is 269 g/mol. The fourth-order valence-electron chi connectivity index (χ4n) is 1.56. The van der Waals surface area contributed by atoms with Gasteiger partial charge in [0.2, 0.25) is 0 Å². The molecule has 0 unspecified atom stereocenters. The first kappa shape index (κ1) is 13.9. The van der Waals surface area contributed by atoms with Gasteiger partial charge in [0.05, 0.1) is 0 Å². The van der Waals surface area contributed by atoms with E-state index in [9.17, 15) is 4.39 Å². The second-order valence-electron chi connectivity index (χ2n) is 4.01. The van der Waals surface area contributed by atoms with Gasteiger partial charge in [0.1, 0.15) is 18.2 Å². The molecule has 19 heavy (non-hydrogen) atoms. The summed E-state index contributed by atoms with van der Waals surface area (Å²) in [5.74, 6) is -0.352. The smallest absolute Gasteiger partial charge is 0.488 e. The maximum Gasteiger partial charge on any atom is 0.488 e. The SMILES string of the molecule is OB(O)c1cc(F)cc(OCc2ccc(Cl)cc2)c1. The van der Waals surface area contributed by atoms with Gasteiger partial charge < -0.3 is 14.8 Å². The van der Waals surface area contributed by atoms with E-state index in [1.807, 2.05) is 0 Å². The van der Waals surface area contributed by atoms with Crippen LogP contribution in [-0.2, 0) is 6.61 Å². The maximum absolute atomic E-state index is 13.2. The predicted molar refractivity (Wildman–Crippen MR) is 72.0 cm³/mol. The molecule has 2 rings (SSSR count). The molecule has 0 heterocycles. The molecule has 2 aromatic rings. The van der Waals surface area contributed by atoms with E-state index in [1.165, 1.54) is 12.1 Å². The van der Waals surface area contributed by atoms with Gasteiger partial charge >= 0.3 is 7.12 Å². The largest absolute Gasteiger partial charge is 0.489 e. The van der Waals surface area contributed by atoms with E-state index < -0.39 is 12.9 Å². The predicted octanol–water partition coefficient (Wildman–Crippen LogP) is 1.74. The molecule has 0 aromatic heterocycles. The van der Waals surface area contributed by atoms with Crippen LogP contribution >= 0.6 is 11.6 Å². The standard InChI is InChI=1S/C13H11BClFO3/c15-11-3-1-9(2-4-11)8-19-13-6-10(14(17)18)5-12(16)7-13/h1-7,17-18H,8H2. The number of hydrogen-bond acceptors (Lipinski definition) is 3. The molecule has 0 saturated carbocycles. The Hall–Kier alpha value is -1.56. The van der Waals surface area contributed by atoms with Gasteiger partial charge in [-0.2, -0.15) is 0 Å². The number of ether oxygens (including phenoxy) is 1. The monoisotopic (exact) mass is 280 g/mol. The Morgan fingerprint density at radius 3 is 2.42 bits per heavy atom. The fraction of sp³-hybridized carbons (Fsp3) is 0.0769. The average molecular weight is 280 g/mol. The van der Waals surface area contributed by atoms with Crippen molar-refractivity contribution < 1.29 is 19.2 Å². The summed E-state index contributed by atoms with van der Waals surface area (Å²) in [5.41, 5.74) is 0.922. The van der Waals surface area contributed by atoms with Gasteiger partial charge in [-0.25, -0.2) is 4.39 Å². The lowest BCUT2D eigenvalue weighted by atomic mass is 9.80. The van der Waals surface area contributed by atoms with E-state index in [4.69, 9.17) is 26.4 Å². The topological polar surface area (TPSA) is 49.7 Å². The van der Waals surface area contributed by atoms with Crippen LogP contribution < -0.4 is 10.2 Å². The van der Waals surface area contributed by atoms with Crippen molar-refractivity contribution in [1.29, 1.82) is 0 Å². The van der Waals surface area contributed by atoms with Crippen molar-refractivity contribution >= 4 is 24.2 Å². The van der Waals surface area contributed by atoms with Gasteiger partial charge in [0.15, 0.2) is 0 Å². The molecule has 0 aliphatic heterocycles. The second kappa shape index (κ2) is 6.06. The summed E-state index contributed by atoms with van der Waals surface area (Å²) in [6.07, 6.45) is 0. The van der Waals surface area contributed by atoms with Crippen molar-refractivity contribution in [3.8, 4) is 5.75 Å². The van der Waals surface area contributed by atoms with Crippen LogP contribution in [0.25, 0.3) is 0 Å². The van der Waals surface area contributed by atoms with Crippen LogP contribution in [0.1, 0.15) is 5.56 Å². The van der Waals surface area contributed by atoms with E-state index in [1.54, 1.807) is 24.3 Å². The Morgan fingerprint density at radius 2 is 1.79 bits per heavy atom. The molecule has 0 atom stereocenters. The van der Waals surface area contributed by atoms with E-state index >= 15 is 0 Å². The molecule has 0 spiro atoms. The molecule has 6 heteroatoms. The highest BCUT2D eigenvalue weighted by molar-refractivity contribution is 6.58. The third-order valence-corrected chi connectivity index (χ3v) is 2.76. The fourth-order valence-corrected chi connectivity index (χ4v) is 1.69. The Morgan fingerprint density at radius 1 is 1.11 bits per heavy atom. The summed E-state index contributed by atoms with van der Waals surface area (Å²) >= 11 is 5.76. The first-order chi connectivity index (χ1) is 9.04.